The second-order valence-corrected chi connectivity index (χ2v) is 5.20. The van der Waals surface area contributed by atoms with Crippen LogP contribution in [0, 0.1) is 10.1 Å². The molecule has 0 aliphatic heterocycles. The second-order valence-electron chi connectivity index (χ2n) is 3.78. The Labute approximate surface area is 108 Å². The van der Waals surface area contributed by atoms with Crippen LogP contribution in [-0.2, 0) is 0 Å². The van der Waals surface area contributed by atoms with Crippen molar-refractivity contribution in [2.24, 2.45) is 0 Å². The zero-order valence-electron chi connectivity index (χ0n) is 9.86. The minimum atomic E-state index is -1.34. The monoisotopic (exact) mass is 271 g/mol. The fourth-order valence-corrected chi connectivity index (χ4v) is 2.33. The van der Waals surface area contributed by atoms with E-state index in [1.54, 1.807) is 13.8 Å². The molecule has 0 saturated carbocycles. The summed E-state index contributed by atoms with van der Waals surface area (Å²) in [7, 11) is 0. The molecule has 2 N–H and O–H groups in total. The Hall–Kier alpha value is -1.60. The number of nitro benzene ring substituents is 1. The first kappa shape index (κ1) is 14.5. The van der Waals surface area contributed by atoms with Crippen molar-refractivity contribution < 1.29 is 19.9 Å². The van der Waals surface area contributed by atoms with E-state index in [0.29, 0.717) is 0 Å². The highest BCUT2D eigenvalue weighted by Gasteiger charge is 2.26. The predicted octanol–water partition coefficient (Wildman–Crippen LogP) is 2.15. The fourth-order valence-electron chi connectivity index (χ4n) is 1.28. The first-order valence-electron chi connectivity index (χ1n) is 5.20. The maximum atomic E-state index is 11.0. The van der Waals surface area contributed by atoms with Gasteiger partial charge in [0.15, 0.2) is 0 Å². The van der Waals surface area contributed by atoms with Crippen LogP contribution in [0.3, 0.4) is 0 Å². The normalized spacial score (nSPS) is 13.9. The zero-order chi connectivity index (χ0) is 13.9. The third kappa shape index (κ3) is 3.21. The van der Waals surface area contributed by atoms with Crippen molar-refractivity contribution in [2.75, 3.05) is 0 Å². The van der Waals surface area contributed by atoms with Gasteiger partial charge in [-0.2, -0.15) is 0 Å². The van der Waals surface area contributed by atoms with Crippen molar-refractivity contribution >= 4 is 23.4 Å². The van der Waals surface area contributed by atoms with E-state index >= 15 is 0 Å². The Morgan fingerprint density at radius 1 is 1.44 bits per heavy atom. The smallest absolute Gasteiger partial charge is 0.342 e. The SMILES string of the molecule is CC(O)C(C)Sc1cccc(C(=O)O)c1[N+](=O)[O-]. The van der Waals surface area contributed by atoms with E-state index in [-0.39, 0.29) is 15.7 Å². The van der Waals surface area contributed by atoms with Crippen LogP contribution >= 0.6 is 11.8 Å². The molecular formula is C11H13NO5S. The lowest BCUT2D eigenvalue weighted by Gasteiger charge is -2.14. The number of aliphatic hydroxyl groups excluding tert-OH is 1. The molecule has 0 saturated heterocycles. The van der Waals surface area contributed by atoms with Gasteiger partial charge in [0.25, 0.3) is 5.69 Å². The lowest BCUT2D eigenvalue weighted by molar-refractivity contribution is -0.388. The molecule has 0 aromatic heterocycles. The van der Waals surface area contributed by atoms with Gasteiger partial charge in [0.2, 0.25) is 0 Å². The highest BCUT2D eigenvalue weighted by Crippen LogP contribution is 2.35. The van der Waals surface area contributed by atoms with Gasteiger partial charge in [0, 0.05) is 5.25 Å². The first-order valence-corrected chi connectivity index (χ1v) is 6.08. The number of nitro groups is 1. The highest BCUT2D eigenvalue weighted by molar-refractivity contribution is 8.00. The molecule has 1 aromatic rings. The van der Waals surface area contributed by atoms with E-state index in [1.165, 1.54) is 18.2 Å². The number of nitrogens with zero attached hydrogens (tertiary/aromatic N) is 1. The lowest BCUT2D eigenvalue weighted by atomic mass is 10.2. The molecule has 0 heterocycles. The summed E-state index contributed by atoms with van der Waals surface area (Å²) in [5.41, 5.74) is -0.773. The molecule has 2 atom stereocenters. The van der Waals surface area contributed by atoms with Crippen LogP contribution in [0.25, 0.3) is 0 Å². The van der Waals surface area contributed by atoms with Crippen molar-refractivity contribution in [3.63, 3.8) is 0 Å². The molecule has 0 bridgehead atoms. The van der Waals surface area contributed by atoms with Gasteiger partial charge in [0.05, 0.1) is 15.9 Å². The maximum absolute atomic E-state index is 11.0. The number of hydrogen-bond acceptors (Lipinski definition) is 5. The Morgan fingerprint density at radius 2 is 2.06 bits per heavy atom. The lowest BCUT2D eigenvalue weighted by Crippen LogP contribution is -2.15. The number of carboxylic acid groups (broad SMARTS) is 1. The van der Waals surface area contributed by atoms with Crippen LogP contribution in [0.5, 0.6) is 0 Å². The second kappa shape index (κ2) is 5.83. The molecule has 98 valence electrons. The number of thioether (sulfide) groups is 1. The largest absolute Gasteiger partial charge is 0.477 e. The average Bonchev–Trinajstić information content (AvgIpc) is 2.27. The van der Waals surface area contributed by atoms with Gasteiger partial charge in [-0.15, -0.1) is 11.8 Å². The number of aliphatic hydroxyl groups is 1. The molecule has 0 aliphatic carbocycles. The molecule has 0 aliphatic rings. The standard InChI is InChI=1S/C11H13NO5S/c1-6(13)7(2)18-9-5-3-4-8(11(14)15)10(9)12(16)17/h3-7,13H,1-2H3,(H,14,15). The van der Waals surface area contributed by atoms with Crippen LogP contribution in [0.4, 0.5) is 5.69 Å². The number of hydrogen-bond donors (Lipinski definition) is 2. The average molecular weight is 271 g/mol. The molecule has 6 nitrogen and oxygen atoms in total. The first-order chi connectivity index (χ1) is 8.34. The Morgan fingerprint density at radius 3 is 2.50 bits per heavy atom. The van der Waals surface area contributed by atoms with Crippen LogP contribution in [0.2, 0.25) is 0 Å². The summed E-state index contributed by atoms with van der Waals surface area (Å²) in [6.45, 7) is 3.29. The third-order valence-corrected chi connectivity index (χ3v) is 3.75. The van der Waals surface area contributed by atoms with Crippen LogP contribution in [0.1, 0.15) is 24.2 Å². The van der Waals surface area contributed by atoms with Gasteiger partial charge in [-0.3, -0.25) is 10.1 Å². The molecule has 0 amide bonds. The highest BCUT2D eigenvalue weighted by atomic mass is 32.2. The summed E-state index contributed by atoms with van der Waals surface area (Å²) in [4.78, 5) is 21.4. The Bertz CT molecular complexity index is 475. The molecule has 2 unspecified atom stereocenters. The van der Waals surface area contributed by atoms with Gasteiger partial charge in [-0.1, -0.05) is 13.0 Å². The molecule has 0 spiro atoms. The van der Waals surface area contributed by atoms with E-state index in [4.69, 9.17) is 5.11 Å². The van der Waals surface area contributed by atoms with Crippen LogP contribution < -0.4 is 0 Å². The predicted molar refractivity (Wildman–Crippen MR) is 67.1 cm³/mol. The molecule has 1 rings (SSSR count). The van der Waals surface area contributed by atoms with Crippen LogP contribution in [-0.4, -0.2) is 32.5 Å². The number of para-hydroxylation sites is 1. The van der Waals surface area contributed by atoms with E-state index in [2.05, 4.69) is 0 Å². The summed E-state index contributed by atoms with van der Waals surface area (Å²) in [5, 5.41) is 29.0. The van der Waals surface area contributed by atoms with Crippen molar-refractivity contribution in [2.45, 2.75) is 30.1 Å². The fraction of sp³-hybridized carbons (Fsp3) is 0.364. The number of carbonyl (C=O) groups is 1. The molecule has 0 radical (unpaired) electrons. The van der Waals surface area contributed by atoms with Crippen LogP contribution in [0.15, 0.2) is 23.1 Å². The van der Waals surface area contributed by atoms with Crippen molar-refractivity contribution in [3.8, 4) is 0 Å². The minimum absolute atomic E-state index is 0.244. The van der Waals surface area contributed by atoms with Gasteiger partial charge in [-0.25, -0.2) is 4.79 Å². The minimum Gasteiger partial charge on any atom is -0.477 e. The van der Waals surface area contributed by atoms with Crippen molar-refractivity contribution in [1.29, 1.82) is 0 Å². The molecule has 7 heteroatoms. The Balaban J connectivity index is 3.23. The summed E-state index contributed by atoms with van der Waals surface area (Å²) in [5.74, 6) is -1.34. The quantitative estimate of drug-likeness (QED) is 0.483. The van der Waals surface area contributed by atoms with E-state index in [9.17, 15) is 20.0 Å². The molecule has 1 aromatic carbocycles. The summed E-state index contributed by atoms with van der Waals surface area (Å²) in [6.07, 6.45) is -0.650. The number of aromatic carboxylic acids is 1. The summed E-state index contributed by atoms with van der Waals surface area (Å²) >= 11 is 1.08. The topological polar surface area (TPSA) is 101 Å². The third-order valence-electron chi connectivity index (χ3n) is 2.40. The van der Waals surface area contributed by atoms with Crippen molar-refractivity contribution in [1.82, 2.24) is 0 Å². The molecule has 0 fully saturated rings. The number of rotatable bonds is 5. The molecule has 18 heavy (non-hydrogen) atoms. The van der Waals surface area contributed by atoms with Gasteiger partial charge >= 0.3 is 5.97 Å². The summed E-state index contributed by atoms with van der Waals surface area (Å²) < 4.78 is 0. The zero-order valence-corrected chi connectivity index (χ0v) is 10.7. The molecular weight excluding hydrogens is 258 g/mol. The summed E-state index contributed by atoms with van der Waals surface area (Å²) in [6, 6.07) is 4.12. The van der Waals surface area contributed by atoms with Gasteiger partial charge in [0.1, 0.15) is 5.56 Å². The number of carboxylic acids is 1. The van der Waals surface area contributed by atoms with E-state index in [1.807, 2.05) is 0 Å². The van der Waals surface area contributed by atoms with Crippen molar-refractivity contribution in [3.05, 3.63) is 33.9 Å². The van der Waals surface area contributed by atoms with E-state index in [0.717, 1.165) is 11.8 Å². The van der Waals surface area contributed by atoms with Gasteiger partial charge in [-0.05, 0) is 19.1 Å². The maximum Gasteiger partial charge on any atom is 0.342 e. The van der Waals surface area contributed by atoms with E-state index < -0.39 is 22.7 Å². The van der Waals surface area contributed by atoms with Gasteiger partial charge < -0.3 is 10.2 Å². The number of benzene rings is 1. The Kier molecular flexibility index (Phi) is 4.69.